The van der Waals surface area contributed by atoms with Crippen molar-refractivity contribution in [2.45, 2.75) is 6.42 Å². The van der Waals surface area contributed by atoms with E-state index < -0.39 is 0 Å². The van der Waals surface area contributed by atoms with E-state index in [2.05, 4.69) is 10.3 Å². The van der Waals surface area contributed by atoms with Crippen molar-refractivity contribution in [3.63, 3.8) is 0 Å². The monoisotopic (exact) mass is 265 g/mol. The summed E-state index contributed by atoms with van der Waals surface area (Å²) in [6.45, 7) is 0. The molecule has 1 heterocycles. The molecule has 98 valence electrons. The number of nitrogens with zero attached hydrogens (tertiary/aromatic N) is 2. The fourth-order valence-electron chi connectivity index (χ4n) is 1.61. The normalized spacial score (nSPS) is 9.55. The molecule has 0 aliphatic carbocycles. The summed E-state index contributed by atoms with van der Waals surface area (Å²) in [5.74, 6) is -0.103. The Labute approximate surface area is 115 Å². The first-order valence-corrected chi connectivity index (χ1v) is 5.93. The first-order valence-electron chi connectivity index (χ1n) is 5.93. The van der Waals surface area contributed by atoms with Gasteiger partial charge in [0.2, 0.25) is 0 Å². The average molecular weight is 265 g/mol. The van der Waals surface area contributed by atoms with Crippen LogP contribution in [-0.4, -0.2) is 16.7 Å². The summed E-state index contributed by atoms with van der Waals surface area (Å²) < 4.78 is 0. The molecular weight excluding hydrogens is 254 g/mol. The lowest BCUT2D eigenvalue weighted by atomic mass is 10.1. The average Bonchev–Trinajstić information content (AvgIpc) is 2.48. The predicted molar refractivity (Wildman–Crippen MR) is 73.2 cm³/mol. The number of amides is 1. The molecule has 2 aromatic rings. The number of carbonyl (C=O) groups excluding carboxylic acids is 2. The molecule has 0 unspecified atom stereocenters. The van der Waals surface area contributed by atoms with Crippen molar-refractivity contribution in [1.82, 2.24) is 4.98 Å². The van der Waals surface area contributed by atoms with Gasteiger partial charge in [0.25, 0.3) is 5.91 Å². The van der Waals surface area contributed by atoms with E-state index in [1.807, 2.05) is 0 Å². The van der Waals surface area contributed by atoms with E-state index in [0.717, 1.165) is 0 Å². The number of ketones is 1. The Bertz CT molecular complexity index is 658. The summed E-state index contributed by atoms with van der Waals surface area (Å²) in [5, 5.41) is 11.1. The van der Waals surface area contributed by atoms with Crippen molar-refractivity contribution < 1.29 is 9.59 Å². The number of nitrogens with one attached hydrogen (secondary N) is 1. The van der Waals surface area contributed by atoms with Gasteiger partial charge in [-0.1, -0.05) is 18.2 Å². The number of Topliss-reactive ketones (excluding diaryl/α,β-unsaturated/α-hetero) is 1. The molecule has 1 amide bonds. The van der Waals surface area contributed by atoms with Gasteiger partial charge in [0.05, 0.1) is 12.5 Å². The van der Waals surface area contributed by atoms with E-state index in [0.29, 0.717) is 16.9 Å². The van der Waals surface area contributed by atoms with Gasteiger partial charge in [0, 0.05) is 17.3 Å². The van der Waals surface area contributed by atoms with Gasteiger partial charge in [-0.05, 0) is 24.3 Å². The molecular formula is C15H11N3O2. The lowest BCUT2D eigenvalue weighted by Gasteiger charge is -2.04. The van der Waals surface area contributed by atoms with Crippen molar-refractivity contribution in [3.8, 4) is 6.07 Å². The Hall–Kier alpha value is -3.00. The summed E-state index contributed by atoms with van der Waals surface area (Å²) in [5.41, 5.74) is 0.838. The van der Waals surface area contributed by atoms with Gasteiger partial charge in [0.15, 0.2) is 5.78 Å². The molecule has 1 aromatic heterocycles. The Balaban J connectivity index is 2.08. The molecule has 1 aromatic carbocycles. The molecule has 0 spiro atoms. The van der Waals surface area contributed by atoms with Crippen LogP contribution in [0.5, 0.6) is 0 Å². The number of hydrogen-bond acceptors (Lipinski definition) is 4. The number of anilines is 1. The van der Waals surface area contributed by atoms with E-state index in [1.54, 1.807) is 42.6 Å². The number of benzene rings is 1. The van der Waals surface area contributed by atoms with Crippen LogP contribution in [0.3, 0.4) is 0 Å². The predicted octanol–water partition coefficient (Wildman–Crippen LogP) is 2.43. The zero-order valence-electron chi connectivity index (χ0n) is 10.5. The molecule has 0 bridgehead atoms. The van der Waals surface area contributed by atoms with Crippen molar-refractivity contribution in [2.24, 2.45) is 0 Å². The van der Waals surface area contributed by atoms with Crippen molar-refractivity contribution >= 4 is 17.5 Å². The van der Waals surface area contributed by atoms with Crippen molar-refractivity contribution in [1.29, 1.82) is 5.26 Å². The molecule has 0 aliphatic rings. The second kappa shape index (κ2) is 6.25. The van der Waals surface area contributed by atoms with Crippen LogP contribution in [-0.2, 0) is 0 Å². The smallest absolute Gasteiger partial charge is 0.256 e. The fraction of sp³-hybridized carbons (Fsp3) is 0.0667. The minimum atomic E-state index is -0.303. The topological polar surface area (TPSA) is 82.8 Å². The Kier molecular flexibility index (Phi) is 4.20. The third-order valence-corrected chi connectivity index (χ3v) is 2.62. The van der Waals surface area contributed by atoms with E-state index in [1.165, 1.54) is 12.1 Å². The van der Waals surface area contributed by atoms with Crippen LogP contribution in [0.2, 0.25) is 0 Å². The Morgan fingerprint density at radius 3 is 2.40 bits per heavy atom. The number of carbonyl (C=O) groups is 2. The number of hydrogen-bond donors (Lipinski definition) is 1. The molecule has 0 saturated heterocycles. The molecule has 0 saturated carbocycles. The molecule has 0 aliphatic heterocycles. The highest BCUT2D eigenvalue weighted by Crippen LogP contribution is 2.09. The van der Waals surface area contributed by atoms with Crippen LogP contribution in [0, 0.1) is 11.3 Å². The molecule has 2 rings (SSSR count). The van der Waals surface area contributed by atoms with Crippen LogP contribution in [0.4, 0.5) is 5.82 Å². The number of aromatic nitrogens is 1. The van der Waals surface area contributed by atoms with Gasteiger partial charge >= 0.3 is 0 Å². The SMILES string of the molecule is N#CCC(=O)c1ccc(C(=O)Nc2ccccn2)cc1. The van der Waals surface area contributed by atoms with Crippen LogP contribution in [0.15, 0.2) is 48.7 Å². The summed E-state index contributed by atoms with van der Waals surface area (Å²) in [4.78, 5) is 27.4. The van der Waals surface area contributed by atoms with Crippen molar-refractivity contribution in [2.75, 3.05) is 5.32 Å². The second-order valence-electron chi connectivity index (χ2n) is 4.00. The van der Waals surface area contributed by atoms with Gasteiger partial charge in [-0.15, -0.1) is 0 Å². The maximum absolute atomic E-state index is 11.9. The number of pyridine rings is 1. The molecule has 0 atom stereocenters. The fourth-order valence-corrected chi connectivity index (χ4v) is 1.61. The van der Waals surface area contributed by atoms with E-state index in [4.69, 9.17) is 5.26 Å². The molecule has 20 heavy (non-hydrogen) atoms. The Morgan fingerprint density at radius 2 is 1.80 bits per heavy atom. The zero-order chi connectivity index (χ0) is 14.4. The summed E-state index contributed by atoms with van der Waals surface area (Å²) >= 11 is 0. The number of nitriles is 1. The summed E-state index contributed by atoms with van der Waals surface area (Å²) in [7, 11) is 0. The zero-order valence-corrected chi connectivity index (χ0v) is 10.5. The van der Waals surface area contributed by atoms with Crippen LogP contribution in [0.25, 0.3) is 0 Å². The number of rotatable bonds is 4. The first-order chi connectivity index (χ1) is 9.70. The van der Waals surface area contributed by atoms with Gasteiger partial charge in [-0.25, -0.2) is 4.98 Å². The van der Waals surface area contributed by atoms with Crippen LogP contribution < -0.4 is 5.32 Å². The molecule has 0 radical (unpaired) electrons. The lowest BCUT2D eigenvalue weighted by Crippen LogP contribution is -2.13. The second-order valence-corrected chi connectivity index (χ2v) is 4.00. The van der Waals surface area contributed by atoms with E-state index in [-0.39, 0.29) is 18.1 Å². The van der Waals surface area contributed by atoms with Gasteiger partial charge in [-0.2, -0.15) is 5.26 Å². The highest BCUT2D eigenvalue weighted by atomic mass is 16.1. The quantitative estimate of drug-likeness (QED) is 0.860. The van der Waals surface area contributed by atoms with Gasteiger partial charge in [-0.3, -0.25) is 9.59 Å². The highest BCUT2D eigenvalue weighted by molar-refractivity contribution is 6.04. The van der Waals surface area contributed by atoms with E-state index in [9.17, 15) is 9.59 Å². The third-order valence-electron chi connectivity index (χ3n) is 2.62. The molecule has 5 nitrogen and oxygen atoms in total. The molecule has 1 N–H and O–H groups in total. The van der Waals surface area contributed by atoms with Gasteiger partial charge in [0.1, 0.15) is 5.82 Å². The largest absolute Gasteiger partial charge is 0.307 e. The van der Waals surface area contributed by atoms with Crippen molar-refractivity contribution in [3.05, 3.63) is 59.8 Å². The molecule has 0 fully saturated rings. The summed E-state index contributed by atoms with van der Waals surface area (Å²) in [6, 6.07) is 13.2. The van der Waals surface area contributed by atoms with Crippen LogP contribution in [0.1, 0.15) is 27.1 Å². The first kappa shape index (κ1) is 13.4. The minimum absolute atomic E-state index is 0.167. The third kappa shape index (κ3) is 3.27. The van der Waals surface area contributed by atoms with Gasteiger partial charge < -0.3 is 5.32 Å². The van der Waals surface area contributed by atoms with Crippen LogP contribution >= 0.6 is 0 Å². The minimum Gasteiger partial charge on any atom is -0.307 e. The highest BCUT2D eigenvalue weighted by Gasteiger charge is 2.09. The molecule has 5 heteroatoms. The maximum Gasteiger partial charge on any atom is 0.256 e. The lowest BCUT2D eigenvalue weighted by molar-refractivity contribution is 0.0993. The van der Waals surface area contributed by atoms with E-state index >= 15 is 0 Å². The summed E-state index contributed by atoms with van der Waals surface area (Å²) in [6.07, 6.45) is 1.42. The Morgan fingerprint density at radius 1 is 1.10 bits per heavy atom. The standard InChI is InChI=1S/C15H11N3O2/c16-9-8-13(19)11-4-6-12(7-5-11)15(20)18-14-3-1-2-10-17-14/h1-7,10H,8H2,(H,17,18,20). The maximum atomic E-state index is 11.9.